The van der Waals surface area contributed by atoms with E-state index in [1.165, 1.54) is 12.0 Å². The molecule has 2 saturated heterocycles. The number of nitrogens with zero attached hydrogens (tertiary/aromatic N) is 2. The maximum Gasteiger partial charge on any atom is 0.323 e. The first kappa shape index (κ1) is 23.5. The number of nitrogens with one attached hydrogen (secondary N) is 2. The largest absolute Gasteiger partial charge is 0.497 e. The Balaban J connectivity index is 1.36. The second kappa shape index (κ2) is 9.40. The van der Waals surface area contributed by atoms with Crippen molar-refractivity contribution in [3.05, 3.63) is 71.3 Å². The maximum atomic E-state index is 13.0. The second-order valence-electron chi connectivity index (χ2n) is 8.87. The highest BCUT2D eigenvalue weighted by atomic mass is 16.5. The lowest BCUT2D eigenvalue weighted by molar-refractivity contribution is -0.122. The number of carbonyl (C=O) groups excluding carboxylic acids is 3. The molecular weight excluding hydrogens is 460 g/mol. The SMILES string of the molecule is C=C(c1ccc(C#CC2(CN3Cc4ccc(OC)cc4C3=O)NC(=O)NC2=O)cc1)N1CCOCC1. The highest BCUT2D eigenvalue weighted by Gasteiger charge is 2.48. The number of ether oxygens (including phenoxy) is 2. The molecular formula is C27H26N4O5. The van der Waals surface area contributed by atoms with Crippen LogP contribution in [-0.2, 0) is 16.1 Å². The molecule has 2 N–H and O–H groups in total. The van der Waals surface area contributed by atoms with Crippen LogP contribution in [0.1, 0.15) is 27.0 Å². The molecule has 3 heterocycles. The van der Waals surface area contributed by atoms with Crippen LogP contribution in [-0.4, -0.2) is 73.1 Å². The minimum absolute atomic E-state index is 0.0840. The van der Waals surface area contributed by atoms with Gasteiger partial charge in [0.05, 0.1) is 26.9 Å². The predicted molar refractivity (Wildman–Crippen MR) is 132 cm³/mol. The fourth-order valence-electron chi connectivity index (χ4n) is 4.55. The summed E-state index contributed by atoms with van der Waals surface area (Å²) >= 11 is 0. The third-order valence-corrected chi connectivity index (χ3v) is 6.60. The molecule has 0 bridgehead atoms. The molecule has 0 spiro atoms. The van der Waals surface area contributed by atoms with Gasteiger partial charge in [-0.1, -0.05) is 36.6 Å². The lowest BCUT2D eigenvalue weighted by atomic mass is 9.98. The van der Waals surface area contributed by atoms with Crippen LogP contribution in [0.5, 0.6) is 5.75 Å². The van der Waals surface area contributed by atoms with E-state index in [9.17, 15) is 14.4 Å². The Morgan fingerprint density at radius 1 is 1.14 bits per heavy atom. The van der Waals surface area contributed by atoms with E-state index >= 15 is 0 Å². The van der Waals surface area contributed by atoms with E-state index in [1.807, 2.05) is 30.3 Å². The summed E-state index contributed by atoms with van der Waals surface area (Å²) in [5, 5.41) is 4.89. The number of hydrogen-bond donors (Lipinski definition) is 2. The summed E-state index contributed by atoms with van der Waals surface area (Å²) < 4.78 is 10.6. The number of carbonyl (C=O) groups is 3. The molecule has 9 nitrogen and oxygen atoms in total. The molecule has 3 aliphatic heterocycles. The van der Waals surface area contributed by atoms with Gasteiger partial charge in [-0.15, -0.1) is 0 Å². The maximum absolute atomic E-state index is 13.0. The highest BCUT2D eigenvalue weighted by Crippen LogP contribution is 2.28. The van der Waals surface area contributed by atoms with E-state index in [4.69, 9.17) is 9.47 Å². The average molecular weight is 487 g/mol. The van der Waals surface area contributed by atoms with Gasteiger partial charge in [0.25, 0.3) is 11.8 Å². The van der Waals surface area contributed by atoms with E-state index in [0.29, 0.717) is 36.6 Å². The predicted octanol–water partition coefficient (Wildman–Crippen LogP) is 1.58. The number of methoxy groups -OCH3 is 1. The summed E-state index contributed by atoms with van der Waals surface area (Å²) in [6, 6.07) is 12.2. The van der Waals surface area contributed by atoms with Gasteiger partial charge < -0.3 is 24.6 Å². The van der Waals surface area contributed by atoms with Crippen LogP contribution in [0.25, 0.3) is 5.70 Å². The molecule has 2 fully saturated rings. The van der Waals surface area contributed by atoms with Gasteiger partial charge in [0.1, 0.15) is 5.75 Å². The van der Waals surface area contributed by atoms with Gasteiger partial charge in [-0.2, -0.15) is 0 Å². The van der Waals surface area contributed by atoms with Crippen LogP contribution in [0.4, 0.5) is 4.79 Å². The summed E-state index contributed by atoms with van der Waals surface area (Å²) in [5.74, 6) is 5.69. The van der Waals surface area contributed by atoms with Crippen molar-refractivity contribution in [3.8, 4) is 17.6 Å². The molecule has 2 aromatic rings. The summed E-state index contributed by atoms with van der Waals surface area (Å²) in [4.78, 5) is 41.6. The Kier molecular flexibility index (Phi) is 6.12. The zero-order chi connectivity index (χ0) is 25.3. The molecule has 1 atom stereocenters. The van der Waals surface area contributed by atoms with Crippen LogP contribution in [0.15, 0.2) is 49.0 Å². The van der Waals surface area contributed by atoms with Gasteiger partial charge in [-0.25, -0.2) is 4.79 Å². The number of urea groups is 1. The third-order valence-electron chi connectivity index (χ3n) is 6.60. The normalized spacial score (nSPS) is 20.9. The van der Waals surface area contributed by atoms with Crippen molar-refractivity contribution in [2.45, 2.75) is 12.1 Å². The summed E-state index contributed by atoms with van der Waals surface area (Å²) in [6.07, 6.45) is 0. The summed E-state index contributed by atoms with van der Waals surface area (Å²) in [5.41, 5.74) is 2.33. The molecule has 4 amide bonds. The summed E-state index contributed by atoms with van der Waals surface area (Å²) in [6.45, 7) is 7.37. The molecule has 0 radical (unpaired) electrons. The zero-order valence-corrected chi connectivity index (χ0v) is 19.9. The first-order valence-corrected chi connectivity index (χ1v) is 11.6. The van der Waals surface area contributed by atoms with Gasteiger partial charge in [0.2, 0.25) is 5.54 Å². The smallest absolute Gasteiger partial charge is 0.323 e. The molecule has 184 valence electrons. The molecule has 1 unspecified atom stereocenters. The zero-order valence-electron chi connectivity index (χ0n) is 19.9. The van der Waals surface area contributed by atoms with Crippen molar-refractivity contribution < 1.29 is 23.9 Å². The van der Waals surface area contributed by atoms with E-state index in [0.717, 1.165) is 29.9 Å². The number of benzene rings is 2. The van der Waals surface area contributed by atoms with Crippen LogP contribution < -0.4 is 15.4 Å². The lowest BCUT2D eigenvalue weighted by Crippen LogP contribution is -2.54. The Morgan fingerprint density at radius 3 is 2.56 bits per heavy atom. The fraction of sp³-hybridized carbons (Fsp3) is 0.296. The van der Waals surface area contributed by atoms with Crippen LogP contribution >= 0.6 is 0 Å². The first-order chi connectivity index (χ1) is 17.4. The number of morpholine rings is 1. The quantitative estimate of drug-likeness (QED) is 0.492. The van der Waals surface area contributed by atoms with E-state index < -0.39 is 17.5 Å². The molecule has 36 heavy (non-hydrogen) atoms. The van der Waals surface area contributed by atoms with Crippen molar-refractivity contribution >= 4 is 23.5 Å². The topological polar surface area (TPSA) is 100 Å². The Morgan fingerprint density at radius 2 is 1.89 bits per heavy atom. The van der Waals surface area contributed by atoms with Crippen LogP contribution in [0.3, 0.4) is 0 Å². The fourth-order valence-corrected chi connectivity index (χ4v) is 4.55. The number of rotatable bonds is 5. The Hall–Kier alpha value is -4.29. The number of hydrogen-bond acceptors (Lipinski definition) is 6. The minimum Gasteiger partial charge on any atom is -0.497 e. The molecule has 3 aliphatic rings. The van der Waals surface area contributed by atoms with Gasteiger partial charge in [0.15, 0.2) is 0 Å². The van der Waals surface area contributed by atoms with Crippen LogP contribution in [0, 0.1) is 11.8 Å². The van der Waals surface area contributed by atoms with Crippen LogP contribution in [0.2, 0.25) is 0 Å². The Labute approximate surface area is 209 Å². The molecule has 5 rings (SSSR count). The molecule has 0 saturated carbocycles. The number of fused-ring (bicyclic) bond motifs is 1. The standard InChI is InChI=1S/C27H26N4O5/c1-18(30-11-13-36-14-12-30)20-5-3-19(4-6-20)9-10-27(25(33)28-26(34)29-27)17-31-16-21-7-8-22(35-2)15-23(21)24(31)32/h3-8,15H,1,11-14,16-17H2,2H3,(H2,28,29,33,34). The number of amides is 4. The van der Waals surface area contributed by atoms with E-state index in [-0.39, 0.29) is 12.5 Å². The average Bonchev–Trinajstić information content (AvgIpc) is 3.36. The monoisotopic (exact) mass is 486 g/mol. The molecule has 9 heteroatoms. The van der Waals surface area contributed by atoms with Crippen molar-refractivity contribution in [1.82, 2.24) is 20.4 Å². The lowest BCUT2D eigenvalue weighted by Gasteiger charge is -2.30. The van der Waals surface area contributed by atoms with Crippen molar-refractivity contribution in [3.63, 3.8) is 0 Å². The van der Waals surface area contributed by atoms with Crippen molar-refractivity contribution in [1.29, 1.82) is 0 Å². The first-order valence-electron chi connectivity index (χ1n) is 11.6. The van der Waals surface area contributed by atoms with E-state index in [1.54, 1.807) is 12.1 Å². The second-order valence-corrected chi connectivity index (χ2v) is 8.87. The molecule has 2 aromatic carbocycles. The van der Waals surface area contributed by atoms with Crippen molar-refractivity contribution in [2.75, 3.05) is 40.0 Å². The summed E-state index contributed by atoms with van der Waals surface area (Å²) in [7, 11) is 1.53. The number of imide groups is 1. The van der Waals surface area contributed by atoms with Gasteiger partial charge in [0, 0.05) is 36.5 Å². The molecule has 0 aromatic heterocycles. The van der Waals surface area contributed by atoms with E-state index in [2.05, 4.69) is 34.0 Å². The van der Waals surface area contributed by atoms with Crippen molar-refractivity contribution in [2.24, 2.45) is 0 Å². The van der Waals surface area contributed by atoms with Gasteiger partial charge in [-0.3, -0.25) is 14.9 Å². The highest BCUT2D eigenvalue weighted by molar-refractivity contribution is 6.10. The third kappa shape index (κ3) is 4.39. The molecule has 0 aliphatic carbocycles. The van der Waals surface area contributed by atoms with Gasteiger partial charge in [-0.05, 0) is 35.4 Å². The minimum atomic E-state index is -1.56. The Bertz CT molecular complexity index is 1300. The van der Waals surface area contributed by atoms with Gasteiger partial charge >= 0.3 is 6.03 Å².